The number of rotatable bonds is 2. The zero-order valence-corrected chi connectivity index (χ0v) is 6.45. The summed E-state index contributed by atoms with van der Waals surface area (Å²) in [6.45, 7) is 0. The maximum absolute atomic E-state index is 10.4. The Morgan fingerprint density at radius 3 is 2.83 bits per heavy atom. The molecule has 0 atom stereocenters. The molecule has 6 heteroatoms. The summed E-state index contributed by atoms with van der Waals surface area (Å²) in [5.74, 6) is -1.30. The normalized spacial score (nSPS) is 9.42. The van der Waals surface area contributed by atoms with Crippen LogP contribution in [0.1, 0.15) is 10.5 Å². The van der Waals surface area contributed by atoms with Crippen molar-refractivity contribution < 1.29 is 9.90 Å². The molecule has 0 saturated heterocycles. The second-order valence-corrected chi connectivity index (χ2v) is 2.35. The monoisotopic (exact) mass is 186 g/mol. The zero-order valence-electron chi connectivity index (χ0n) is 5.69. The third kappa shape index (κ3) is 1.57. The van der Waals surface area contributed by atoms with Crippen LogP contribution >= 0.6 is 11.6 Å². The van der Waals surface area contributed by atoms with E-state index in [4.69, 9.17) is 16.7 Å². The van der Waals surface area contributed by atoms with Crippen LogP contribution in [-0.2, 0) is 0 Å². The summed E-state index contributed by atoms with van der Waals surface area (Å²) in [6, 6.07) is 1.14. The number of carboxylic acid groups (broad SMARTS) is 1. The van der Waals surface area contributed by atoms with Crippen LogP contribution in [0.4, 0.5) is 5.69 Å². The van der Waals surface area contributed by atoms with E-state index in [2.05, 4.69) is 10.2 Å². The molecule has 0 aromatic carbocycles. The van der Waals surface area contributed by atoms with Crippen LogP contribution in [0, 0.1) is 4.91 Å². The minimum absolute atomic E-state index is 0.176. The van der Waals surface area contributed by atoms with Crippen LogP contribution in [0.2, 0.25) is 5.02 Å². The van der Waals surface area contributed by atoms with Crippen LogP contribution in [0.15, 0.2) is 17.4 Å². The Morgan fingerprint density at radius 2 is 2.33 bits per heavy atom. The lowest BCUT2D eigenvalue weighted by atomic mass is 10.3. The first-order valence-electron chi connectivity index (χ1n) is 2.87. The molecule has 0 spiro atoms. The first-order chi connectivity index (χ1) is 5.65. The van der Waals surface area contributed by atoms with E-state index in [9.17, 15) is 9.70 Å². The molecule has 0 aliphatic heterocycles. The summed E-state index contributed by atoms with van der Waals surface area (Å²) >= 11 is 5.45. The van der Waals surface area contributed by atoms with Gasteiger partial charge in [0.2, 0.25) is 0 Å². The van der Waals surface area contributed by atoms with Gasteiger partial charge < -0.3 is 5.11 Å². The number of nitroso groups, excluding NO2 is 1. The molecule has 1 aromatic rings. The molecule has 1 heterocycles. The van der Waals surface area contributed by atoms with Gasteiger partial charge in [-0.05, 0) is 11.2 Å². The summed E-state index contributed by atoms with van der Waals surface area (Å²) < 4.78 is 0. The van der Waals surface area contributed by atoms with Crippen LogP contribution in [0.25, 0.3) is 0 Å². The number of nitrogens with zero attached hydrogens (tertiary/aromatic N) is 2. The Kier molecular flexibility index (Phi) is 2.35. The predicted molar refractivity (Wildman–Crippen MR) is 41.7 cm³/mol. The molecule has 1 N–H and O–H groups in total. The Bertz CT molecular complexity index is 340. The molecule has 0 aliphatic carbocycles. The average molecular weight is 187 g/mol. The Morgan fingerprint density at radius 1 is 1.67 bits per heavy atom. The van der Waals surface area contributed by atoms with Crippen LogP contribution < -0.4 is 0 Å². The van der Waals surface area contributed by atoms with Crippen LogP contribution in [0.3, 0.4) is 0 Å². The fourth-order valence-electron chi connectivity index (χ4n) is 0.663. The number of aromatic nitrogens is 1. The second-order valence-electron chi connectivity index (χ2n) is 1.92. The fourth-order valence-corrected chi connectivity index (χ4v) is 0.815. The molecule has 1 aromatic heterocycles. The maximum Gasteiger partial charge on any atom is 0.356 e. The predicted octanol–water partition coefficient (Wildman–Crippen LogP) is 1.83. The van der Waals surface area contributed by atoms with Crippen molar-refractivity contribution in [3.8, 4) is 0 Å². The molecule has 0 amide bonds. The van der Waals surface area contributed by atoms with E-state index in [-0.39, 0.29) is 10.7 Å². The van der Waals surface area contributed by atoms with E-state index in [1.165, 1.54) is 0 Å². The summed E-state index contributed by atoms with van der Waals surface area (Å²) in [7, 11) is 0. The molecule has 0 unspecified atom stereocenters. The van der Waals surface area contributed by atoms with Gasteiger partial charge in [-0.3, -0.25) is 0 Å². The summed E-state index contributed by atoms with van der Waals surface area (Å²) in [5.41, 5.74) is -0.663. The Hall–Kier alpha value is -1.49. The topological polar surface area (TPSA) is 79.6 Å². The highest BCUT2D eigenvalue weighted by Gasteiger charge is 2.12. The van der Waals surface area contributed by atoms with E-state index in [0.717, 1.165) is 12.3 Å². The third-order valence-corrected chi connectivity index (χ3v) is 1.34. The molecule has 0 saturated carbocycles. The average Bonchev–Trinajstić information content (AvgIpc) is 2.03. The van der Waals surface area contributed by atoms with Crippen LogP contribution in [0.5, 0.6) is 0 Å². The van der Waals surface area contributed by atoms with Crippen molar-refractivity contribution in [2.45, 2.75) is 0 Å². The minimum atomic E-state index is -1.30. The maximum atomic E-state index is 10.4. The molecule has 62 valence electrons. The minimum Gasteiger partial charge on any atom is -0.476 e. The van der Waals surface area contributed by atoms with E-state index >= 15 is 0 Å². The van der Waals surface area contributed by atoms with Crippen LogP contribution in [-0.4, -0.2) is 16.1 Å². The molecule has 12 heavy (non-hydrogen) atoms. The van der Waals surface area contributed by atoms with Crippen molar-refractivity contribution in [1.29, 1.82) is 0 Å². The van der Waals surface area contributed by atoms with Crippen molar-refractivity contribution in [2.75, 3.05) is 0 Å². The summed E-state index contributed by atoms with van der Waals surface area (Å²) in [5, 5.41) is 11.1. The molecule has 0 radical (unpaired) electrons. The van der Waals surface area contributed by atoms with Gasteiger partial charge in [-0.2, -0.15) is 0 Å². The van der Waals surface area contributed by atoms with Gasteiger partial charge >= 0.3 is 5.97 Å². The van der Waals surface area contributed by atoms with E-state index in [1.807, 2.05) is 0 Å². The van der Waals surface area contributed by atoms with E-state index < -0.39 is 11.7 Å². The van der Waals surface area contributed by atoms with Gasteiger partial charge in [-0.25, -0.2) is 9.78 Å². The number of pyridine rings is 1. The van der Waals surface area contributed by atoms with Gasteiger partial charge in [0.15, 0.2) is 5.69 Å². The van der Waals surface area contributed by atoms with Gasteiger partial charge in [0, 0.05) is 6.20 Å². The van der Waals surface area contributed by atoms with E-state index in [0.29, 0.717) is 0 Å². The molecule has 5 nitrogen and oxygen atoms in total. The van der Waals surface area contributed by atoms with Crippen molar-refractivity contribution in [3.63, 3.8) is 0 Å². The number of carboxylic acids is 1. The quantitative estimate of drug-likeness (QED) is 0.715. The van der Waals surface area contributed by atoms with Crippen molar-refractivity contribution in [1.82, 2.24) is 4.98 Å². The Labute approximate surface area is 72.0 Å². The highest BCUT2D eigenvalue weighted by atomic mass is 35.5. The smallest absolute Gasteiger partial charge is 0.356 e. The zero-order chi connectivity index (χ0) is 9.14. The molecule has 1 rings (SSSR count). The van der Waals surface area contributed by atoms with Gasteiger partial charge in [-0.1, -0.05) is 11.6 Å². The second kappa shape index (κ2) is 3.27. The summed E-state index contributed by atoms with van der Waals surface area (Å²) in [6.07, 6.45) is 1.14. The number of aromatic carboxylic acids is 1. The van der Waals surface area contributed by atoms with E-state index in [1.54, 1.807) is 0 Å². The van der Waals surface area contributed by atoms with Crippen molar-refractivity contribution in [3.05, 3.63) is 27.9 Å². The number of halogens is 1. The first-order valence-corrected chi connectivity index (χ1v) is 3.25. The lowest BCUT2D eigenvalue weighted by molar-refractivity contribution is 0.0691. The molecule has 0 fully saturated rings. The largest absolute Gasteiger partial charge is 0.476 e. The summed E-state index contributed by atoms with van der Waals surface area (Å²) in [4.78, 5) is 23.9. The lowest BCUT2D eigenvalue weighted by Crippen LogP contribution is -1.99. The van der Waals surface area contributed by atoms with Crippen molar-refractivity contribution >= 4 is 23.3 Å². The number of hydrogen-bond donors (Lipinski definition) is 1. The highest BCUT2D eigenvalue weighted by Crippen LogP contribution is 2.20. The number of carbonyl (C=O) groups is 1. The highest BCUT2D eigenvalue weighted by molar-refractivity contribution is 6.30. The number of hydrogen-bond acceptors (Lipinski definition) is 4. The van der Waals surface area contributed by atoms with Crippen molar-refractivity contribution in [2.24, 2.45) is 5.18 Å². The molecule has 0 aliphatic rings. The fraction of sp³-hybridized carbons (Fsp3) is 0. The van der Waals surface area contributed by atoms with Gasteiger partial charge in [0.1, 0.15) is 5.69 Å². The SMILES string of the molecule is O=Nc1cc(Cl)cnc1C(=O)O. The standard InChI is InChI=1S/C6H3ClN2O3/c7-3-1-4(9-12)5(6(10)11)8-2-3/h1-2H,(H,10,11). The first kappa shape index (κ1) is 8.61. The van der Waals surface area contributed by atoms with Gasteiger partial charge in [0.05, 0.1) is 5.02 Å². The van der Waals surface area contributed by atoms with Gasteiger partial charge in [-0.15, -0.1) is 4.91 Å². The lowest BCUT2D eigenvalue weighted by Gasteiger charge is -1.95. The van der Waals surface area contributed by atoms with Gasteiger partial charge in [0.25, 0.3) is 0 Å². The third-order valence-electron chi connectivity index (χ3n) is 1.14. The Balaban J connectivity index is 3.29. The molecular weight excluding hydrogens is 184 g/mol. The molecular formula is C6H3ClN2O3. The molecule has 0 bridgehead atoms.